The summed E-state index contributed by atoms with van der Waals surface area (Å²) in [4.78, 5) is 39.7. The van der Waals surface area contributed by atoms with Gasteiger partial charge in [-0.25, -0.2) is 0 Å². The number of hydrogen-bond donors (Lipinski definition) is 2. The van der Waals surface area contributed by atoms with Crippen LogP contribution in [0.4, 0.5) is 5.69 Å². The van der Waals surface area contributed by atoms with Crippen LogP contribution in [0.5, 0.6) is 11.5 Å². The second-order valence-electron chi connectivity index (χ2n) is 6.43. The molecule has 158 valence electrons. The van der Waals surface area contributed by atoms with Gasteiger partial charge in [0.05, 0.1) is 19.9 Å². The highest BCUT2D eigenvalue weighted by Gasteiger charge is 2.23. The number of methoxy groups -OCH3 is 2. The van der Waals surface area contributed by atoms with Gasteiger partial charge in [-0.15, -0.1) is 11.8 Å². The molecule has 2 aromatic rings. The number of rotatable bonds is 6. The molecule has 1 aliphatic rings. The maximum atomic E-state index is 12.6. The van der Waals surface area contributed by atoms with E-state index >= 15 is 0 Å². The average molecular weight is 429 g/mol. The van der Waals surface area contributed by atoms with E-state index in [0.717, 1.165) is 16.3 Å². The molecular weight excluding hydrogens is 406 g/mol. The molecule has 0 saturated carbocycles. The van der Waals surface area contributed by atoms with Crippen LogP contribution < -0.4 is 25.2 Å². The van der Waals surface area contributed by atoms with E-state index in [4.69, 9.17) is 9.47 Å². The molecule has 0 fully saturated rings. The van der Waals surface area contributed by atoms with E-state index in [1.54, 1.807) is 28.8 Å². The Morgan fingerprint density at radius 1 is 1.00 bits per heavy atom. The molecule has 9 heteroatoms. The fraction of sp³-hybridized carbons (Fsp3) is 0.286. The van der Waals surface area contributed by atoms with E-state index < -0.39 is 11.8 Å². The van der Waals surface area contributed by atoms with Gasteiger partial charge in [-0.2, -0.15) is 0 Å². The van der Waals surface area contributed by atoms with E-state index in [1.807, 2.05) is 24.3 Å². The first-order valence-corrected chi connectivity index (χ1v) is 10.4. The van der Waals surface area contributed by atoms with Crippen molar-refractivity contribution >= 4 is 35.2 Å². The molecule has 0 aliphatic carbocycles. The Bertz CT molecular complexity index is 950. The lowest BCUT2D eigenvalue weighted by Gasteiger charge is -2.29. The molecule has 0 aromatic heterocycles. The number of hydrogen-bond acceptors (Lipinski definition) is 6. The first-order chi connectivity index (χ1) is 14.5. The number of ether oxygens (including phenoxy) is 2. The van der Waals surface area contributed by atoms with Gasteiger partial charge in [0.15, 0.2) is 11.5 Å². The third-order valence-electron chi connectivity index (χ3n) is 4.56. The number of nitrogens with one attached hydrogen (secondary N) is 2. The van der Waals surface area contributed by atoms with Crippen LogP contribution in [0.15, 0.2) is 47.4 Å². The minimum absolute atomic E-state index is 0.0309. The molecule has 0 bridgehead atoms. The maximum absolute atomic E-state index is 12.6. The number of fused-ring (bicyclic) bond motifs is 1. The number of nitrogens with zero attached hydrogens (tertiary/aromatic N) is 1. The zero-order chi connectivity index (χ0) is 21.5. The second kappa shape index (κ2) is 10.0. The normalized spacial score (nSPS) is 12.5. The predicted molar refractivity (Wildman–Crippen MR) is 114 cm³/mol. The molecule has 0 atom stereocenters. The van der Waals surface area contributed by atoms with Gasteiger partial charge in [0.1, 0.15) is 0 Å². The van der Waals surface area contributed by atoms with Crippen molar-refractivity contribution in [2.45, 2.75) is 17.7 Å². The molecule has 3 rings (SSSR count). The second-order valence-corrected chi connectivity index (χ2v) is 7.57. The van der Waals surface area contributed by atoms with Crippen LogP contribution >= 0.6 is 11.8 Å². The molecule has 0 radical (unpaired) electrons. The Kier molecular flexibility index (Phi) is 7.18. The van der Waals surface area contributed by atoms with Crippen molar-refractivity contribution in [2.24, 2.45) is 0 Å². The molecule has 8 nitrogen and oxygen atoms in total. The largest absolute Gasteiger partial charge is 0.493 e. The molecule has 0 saturated heterocycles. The number of carbonyl (C=O) groups excluding carboxylic acids is 3. The predicted octanol–water partition coefficient (Wildman–Crippen LogP) is 2.38. The first kappa shape index (κ1) is 21.5. The van der Waals surface area contributed by atoms with Crippen LogP contribution in [0, 0.1) is 0 Å². The van der Waals surface area contributed by atoms with Gasteiger partial charge >= 0.3 is 0 Å². The van der Waals surface area contributed by atoms with E-state index in [-0.39, 0.29) is 18.7 Å². The third-order valence-corrected chi connectivity index (χ3v) is 5.60. The minimum Gasteiger partial charge on any atom is -0.493 e. The van der Waals surface area contributed by atoms with Gasteiger partial charge in [-0.3, -0.25) is 25.2 Å². The van der Waals surface area contributed by atoms with Crippen molar-refractivity contribution in [2.75, 3.05) is 31.4 Å². The fourth-order valence-corrected chi connectivity index (χ4v) is 4.02. The molecule has 30 heavy (non-hydrogen) atoms. The van der Waals surface area contributed by atoms with E-state index in [9.17, 15) is 14.4 Å². The number of benzene rings is 2. The lowest BCUT2D eigenvalue weighted by molar-refractivity contribution is -0.125. The summed E-state index contributed by atoms with van der Waals surface area (Å²) in [6, 6.07) is 12.4. The highest BCUT2D eigenvalue weighted by Crippen LogP contribution is 2.34. The number of amides is 3. The van der Waals surface area contributed by atoms with E-state index in [1.165, 1.54) is 20.3 Å². The zero-order valence-corrected chi connectivity index (χ0v) is 17.6. The molecule has 3 amide bonds. The van der Waals surface area contributed by atoms with Gasteiger partial charge in [-0.05, 0) is 30.3 Å². The first-order valence-electron chi connectivity index (χ1n) is 9.37. The Morgan fingerprint density at radius 3 is 2.53 bits per heavy atom. The van der Waals surface area contributed by atoms with Crippen molar-refractivity contribution in [1.29, 1.82) is 0 Å². The van der Waals surface area contributed by atoms with Crippen LogP contribution in [-0.4, -0.2) is 44.2 Å². The van der Waals surface area contributed by atoms with Crippen LogP contribution in [0.25, 0.3) is 0 Å². The molecule has 0 unspecified atom stereocenters. The molecule has 1 aliphatic heterocycles. The Balaban J connectivity index is 1.49. The lowest BCUT2D eigenvalue weighted by atomic mass is 10.2. The quantitative estimate of drug-likeness (QED) is 0.685. The summed E-state index contributed by atoms with van der Waals surface area (Å²) in [6.45, 7) is 0.609. The van der Waals surface area contributed by atoms with Crippen LogP contribution in [0.3, 0.4) is 0 Å². The van der Waals surface area contributed by atoms with Gasteiger partial charge in [0.25, 0.3) is 5.91 Å². The van der Waals surface area contributed by atoms with Crippen molar-refractivity contribution in [3.05, 3.63) is 48.0 Å². The smallest absolute Gasteiger partial charge is 0.269 e. The Labute approximate surface area is 178 Å². The van der Waals surface area contributed by atoms with Gasteiger partial charge in [-0.1, -0.05) is 12.1 Å². The van der Waals surface area contributed by atoms with E-state index in [0.29, 0.717) is 23.6 Å². The summed E-state index contributed by atoms with van der Waals surface area (Å²) in [6.07, 6.45) is 0.0217. The van der Waals surface area contributed by atoms with Crippen LogP contribution in [0.1, 0.15) is 23.2 Å². The minimum atomic E-state index is -0.502. The van der Waals surface area contributed by atoms with Crippen molar-refractivity contribution in [1.82, 2.24) is 10.9 Å². The maximum Gasteiger partial charge on any atom is 0.269 e. The number of thioether (sulfide) groups is 1. The molecule has 0 spiro atoms. The monoisotopic (exact) mass is 429 g/mol. The van der Waals surface area contributed by atoms with Gasteiger partial charge in [0, 0.05) is 35.6 Å². The summed E-state index contributed by atoms with van der Waals surface area (Å²) < 4.78 is 10.3. The Hall–Kier alpha value is -3.20. The summed E-state index contributed by atoms with van der Waals surface area (Å²) >= 11 is 1.71. The number of hydrazine groups is 1. The highest BCUT2D eigenvalue weighted by atomic mass is 32.2. The third kappa shape index (κ3) is 5.04. The zero-order valence-electron chi connectivity index (χ0n) is 16.8. The standard InChI is InChI=1S/C21H23N3O5S/c1-28-16-8-7-14(13-17(16)29-2)21(27)23-22-19(25)9-10-20(26)24-11-12-30-18-6-4-3-5-15(18)24/h3-8,13H,9-12H2,1-2H3,(H,22,25)(H,23,27). The summed E-state index contributed by atoms with van der Waals surface area (Å²) in [7, 11) is 2.97. The molecule has 2 aromatic carbocycles. The summed E-state index contributed by atoms with van der Waals surface area (Å²) in [5.74, 6) is 0.644. The average Bonchev–Trinajstić information content (AvgIpc) is 2.79. The fourth-order valence-electron chi connectivity index (χ4n) is 3.02. The van der Waals surface area contributed by atoms with Crippen molar-refractivity contribution in [3.8, 4) is 11.5 Å². The van der Waals surface area contributed by atoms with Gasteiger partial charge in [0.2, 0.25) is 11.8 Å². The summed E-state index contributed by atoms with van der Waals surface area (Å²) in [5.41, 5.74) is 5.86. The number of para-hydroxylation sites is 1. The highest BCUT2D eigenvalue weighted by molar-refractivity contribution is 7.99. The van der Waals surface area contributed by atoms with Crippen LogP contribution in [0.2, 0.25) is 0 Å². The molecule has 1 heterocycles. The van der Waals surface area contributed by atoms with Crippen LogP contribution in [-0.2, 0) is 9.59 Å². The number of carbonyl (C=O) groups is 3. The SMILES string of the molecule is COc1ccc(C(=O)NNC(=O)CCC(=O)N2CCSc3ccccc32)cc1OC. The summed E-state index contributed by atoms with van der Waals surface area (Å²) in [5, 5.41) is 0. The molecule has 2 N–H and O–H groups in total. The number of anilines is 1. The Morgan fingerprint density at radius 2 is 1.77 bits per heavy atom. The topological polar surface area (TPSA) is 97.0 Å². The van der Waals surface area contributed by atoms with Crippen molar-refractivity contribution in [3.63, 3.8) is 0 Å². The molecular formula is C21H23N3O5S. The van der Waals surface area contributed by atoms with Crippen molar-refractivity contribution < 1.29 is 23.9 Å². The lowest BCUT2D eigenvalue weighted by Crippen LogP contribution is -2.42. The van der Waals surface area contributed by atoms with E-state index in [2.05, 4.69) is 10.9 Å². The van der Waals surface area contributed by atoms with Gasteiger partial charge < -0.3 is 14.4 Å².